The van der Waals surface area contributed by atoms with E-state index in [1.165, 1.54) is 19.1 Å². The van der Waals surface area contributed by atoms with Crippen LogP contribution >= 0.6 is 23.2 Å². The molecule has 0 radical (unpaired) electrons. The molecule has 1 aromatic heterocycles. The van der Waals surface area contributed by atoms with Crippen molar-refractivity contribution in [2.75, 3.05) is 10.5 Å². The summed E-state index contributed by atoms with van der Waals surface area (Å²) in [5.74, 6) is -2.78. The lowest BCUT2D eigenvalue weighted by atomic mass is 10.1. The third-order valence-electron chi connectivity index (χ3n) is 2.90. The van der Waals surface area contributed by atoms with Crippen molar-refractivity contribution in [3.63, 3.8) is 0 Å². The molecule has 2 aromatic rings. The number of halogens is 2. The highest BCUT2D eigenvalue weighted by Crippen LogP contribution is 2.49. The molecule has 0 spiro atoms. The Kier molecular flexibility index (Phi) is 5.32. The second kappa shape index (κ2) is 6.92. The number of hydrogen-bond acceptors (Lipinski definition) is 6. The van der Waals surface area contributed by atoms with Crippen molar-refractivity contribution < 1.29 is 27.5 Å². The smallest absolute Gasteiger partial charge is 0.308 e. The molecule has 130 valence electrons. The minimum atomic E-state index is -3.75. The largest absolute Gasteiger partial charge is 0.502 e. The minimum absolute atomic E-state index is 0.133. The fourth-order valence-corrected chi connectivity index (χ4v) is 2.94. The van der Waals surface area contributed by atoms with Crippen LogP contribution in [0.3, 0.4) is 0 Å². The minimum Gasteiger partial charge on any atom is -0.502 e. The molecule has 0 saturated carbocycles. The second-order valence-corrected chi connectivity index (χ2v) is 7.46. The van der Waals surface area contributed by atoms with E-state index in [4.69, 9.17) is 32.4 Å². The number of benzene rings is 1. The van der Waals surface area contributed by atoms with Crippen LogP contribution in [0.1, 0.15) is 13.8 Å². The molecule has 0 bridgehead atoms. The van der Waals surface area contributed by atoms with Gasteiger partial charge in [-0.25, -0.2) is 13.1 Å². The van der Waals surface area contributed by atoms with Gasteiger partial charge in [-0.3, -0.25) is 4.79 Å². The lowest BCUT2D eigenvalue weighted by molar-refractivity contribution is -0.131. The van der Waals surface area contributed by atoms with Gasteiger partial charge in [0.2, 0.25) is 21.5 Å². The first-order valence-electron chi connectivity index (χ1n) is 6.65. The lowest BCUT2D eigenvalue weighted by Crippen LogP contribution is -2.15. The summed E-state index contributed by atoms with van der Waals surface area (Å²) >= 11 is 12.1. The van der Waals surface area contributed by atoms with E-state index in [2.05, 4.69) is 4.72 Å². The number of nitrogens with one attached hydrogen (secondary N) is 1. The predicted molar refractivity (Wildman–Crippen MR) is 90.2 cm³/mol. The molecule has 0 aliphatic rings. The predicted octanol–water partition coefficient (Wildman–Crippen LogP) is 3.65. The van der Waals surface area contributed by atoms with Gasteiger partial charge in [-0.1, -0.05) is 29.3 Å². The Morgan fingerprint density at radius 2 is 1.92 bits per heavy atom. The summed E-state index contributed by atoms with van der Waals surface area (Å²) in [6.07, 6.45) is 0. The first-order chi connectivity index (χ1) is 11.2. The number of sulfonamides is 1. The maximum atomic E-state index is 11.8. The Morgan fingerprint density at radius 3 is 2.42 bits per heavy atom. The lowest BCUT2D eigenvalue weighted by Gasteiger charge is -2.04. The molecule has 0 unspecified atom stereocenters. The molecule has 0 fully saturated rings. The topological polar surface area (TPSA) is 106 Å². The van der Waals surface area contributed by atoms with E-state index < -0.39 is 33.4 Å². The monoisotopic (exact) mass is 393 g/mol. The SMILES string of the molecule is CCS(=O)(=O)Nc1oc(-c2c(Cl)cccc2Cl)c(O)c1OC(C)=O. The zero-order valence-corrected chi connectivity index (χ0v) is 14.9. The van der Waals surface area contributed by atoms with Gasteiger partial charge < -0.3 is 14.3 Å². The number of aromatic hydroxyl groups is 1. The fourth-order valence-electron chi connectivity index (χ4n) is 1.81. The molecule has 7 nitrogen and oxygen atoms in total. The molecule has 0 amide bonds. The van der Waals surface area contributed by atoms with E-state index in [1.54, 1.807) is 6.07 Å². The summed E-state index contributed by atoms with van der Waals surface area (Å²) in [6, 6.07) is 4.60. The number of carbonyl (C=O) groups is 1. The van der Waals surface area contributed by atoms with Crippen LogP contribution in [-0.2, 0) is 14.8 Å². The summed E-state index contributed by atoms with van der Waals surface area (Å²) in [5.41, 5.74) is 0.133. The molecule has 2 N–H and O–H groups in total. The van der Waals surface area contributed by atoms with Crippen molar-refractivity contribution in [2.45, 2.75) is 13.8 Å². The third-order valence-corrected chi connectivity index (χ3v) is 4.79. The van der Waals surface area contributed by atoms with E-state index in [1.807, 2.05) is 0 Å². The van der Waals surface area contributed by atoms with Crippen LogP contribution in [0.5, 0.6) is 11.5 Å². The molecule has 24 heavy (non-hydrogen) atoms. The zero-order chi connectivity index (χ0) is 18.1. The standard InChI is InChI=1S/C14H13Cl2NO6S/c1-3-24(20,21)17-14-13(22-7(2)18)11(19)12(23-14)10-8(15)5-4-6-9(10)16/h4-6,17,19H,3H2,1-2H3. The van der Waals surface area contributed by atoms with Crippen molar-refractivity contribution in [3.05, 3.63) is 28.2 Å². The van der Waals surface area contributed by atoms with Gasteiger partial charge in [0.1, 0.15) is 0 Å². The highest BCUT2D eigenvalue weighted by Gasteiger charge is 2.28. The maximum absolute atomic E-state index is 11.8. The van der Waals surface area contributed by atoms with Crippen LogP contribution in [0.25, 0.3) is 11.3 Å². The van der Waals surface area contributed by atoms with Gasteiger partial charge in [0.05, 0.1) is 21.4 Å². The van der Waals surface area contributed by atoms with Crippen molar-refractivity contribution in [3.8, 4) is 22.8 Å². The molecule has 0 aliphatic carbocycles. The summed E-state index contributed by atoms with van der Waals surface area (Å²) in [4.78, 5) is 11.2. The third kappa shape index (κ3) is 3.77. The number of carbonyl (C=O) groups excluding carboxylic acids is 1. The molecular formula is C14H13Cl2NO6S. The Morgan fingerprint density at radius 1 is 1.33 bits per heavy atom. The highest BCUT2D eigenvalue weighted by molar-refractivity contribution is 7.92. The quantitative estimate of drug-likeness (QED) is 0.750. The van der Waals surface area contributed by atoms with Gasteiger partial charge in [0.25, 0.3) is 5.88 Å². The first-order valence-corrected chi connectivity index (χ1v) is 9.06. The molecule has 1 heterocycles. The van der Waals surface area contributed by atoms with Gasteiger partial charge in [-0.15, -0.1) is 0 Å². The first kappa shape index (κ1) is 18.4. The van der Waals surface area contributed by atoms with Crippen LogP contribution in [0, 0.1) is 0 Å². The molecular weight excluding hydrogens is 381 g/mol. The fraction of sp³-hybridized carbons (Fsp3) is 0.214. The average Bonchev–Trinajstić information content (AvgIpc) is 2.75. The van der Waals surface area contributed by atoms with Crippen LogP contribution in [0.2, 0.25) is 10.0 Å². The van der Waals surface area contributed by atoms with E-state index >= 15 is 0 Å². The van der Waals surface area contributed by atoms with Crippen molar-refractivity contribution in [1.29, 1.82) is 0 Å². The molecule has 10 heteroatoms. The van der Waals surface area contributed by atoms with Crippen LogP contribution < -0.4 is 9.46 Å². The molecule has 0 atom stereocenters. The van der Waals surface area contributed by atoms with Crippen molar-refractivity contribution >= 4 is 45.1 Å². The normalized spacial score (nSPS) is 11.3. The summed E-state index contributed by atoms with van der Waals surface area (Å²) in [7, 11) is -3.75. The zero-order valence-electron chi connectivity index (χ0n) is 12.6. The van der Waals surface area contributed by atoms with Crippen LogP contribution in [-0.4, -0.2) is 25.2 Å². The summed E-state index contributed by atoms with van der Waals surface area (Å²) in [5, 5.41) is 10.6. The van der Waals surface area contributed by atoms with Crippen molar-refractivity contribution in [1.82, 2.24) is 0 Å². The number of rotatable bonds is 5. The number of ether oxygens (including phenoxy) is 1. The molecule has 0 aliphatic heterocycles. The van der Waals surface area contributed by atoms with E-state index in [9.17, 15) is 18.3 Å². The summed E-state index contributed by atoms with van der Waals surface area (Å²) in [6.45, 7) is 2.50. The Bertz CT molecular complexity index is 871. The van der Waals surface area contributed by atoms with Crippen LogP contribution in [0.15, 0.2) is 22.6 Å². The van der Waals surface area contributed by atoms with Gasteiger partial charge in [-0.05, 0) is 19.1 Å². The van der Waals surface area contributed by atoms with Gasteiger partial charge >= 0.3 is 5.97 Å². The molecule has 0 saturated heterocycles. The maximum Gasteiger partial charge on any atom is 0.308 e. The van der Waals surface area contributed by atoms with E-state index in [-0.39, 0.29) is 27.1 Å². The summed E-state index contributed by atoms with van der Waals surface area (Å²) < 4.78 is 35.8. The second-order valence-electron chi connectivity index (χ2n) is 4.63. The molecule has 1 aromatic carbocycles. The average molecular weight is 394 g/mol. The van der Waals surface area contributed by atoms with E-state index in [0.29, 0.717) is 0 Å². The van der Waals surface area contributed by atoms with E-state index in [0.717, 1.165) is 6.92 Å². The van der Waals surface area contributed by atoms with Gasteiger partial charge in [0.15, 0.2) is 5.76 Å². The number of furan rings is 1. The Balaban J connectivity index is 2.67. The number of esters is 1. The Labute approximate surface area is 148 Å². The number of hydrogen-bond donors (Lipinski definition) is 2. The van der Waals surface area contributed by atoms with Crippen LogP contribution in [0.4, 0.5) is 5.88 Å². The van der Waals surface area contributed by atoms with Gasteiger partial charge in [-0.2, -0.15) is 0 Å². The van der Waals surface area contributed by atoms with Gasteiger partial charge in [0, 0.05) is 6.92 Å². The van der Waals surface area contributed by atoms with Crippen molar-refractivity contribution in [2.24, 2.45) is 0 Å². The number of anilines is 1. The Hall–Kier alpha value is -1.90. The molecule has 2 rings (SSSR count). The highest BCUT2D eigenvalue weighted by atomic mass is 35.5.